The van der Waals surface area contributed by atoms with Gasteiger partial charge in [0.15, 0.2) is 0 Å². The van der Waals surface area contributed by atoms with Crippen LogP contribution in [0.15, 0.2) is 12.1 Å². The molecule has 0 aromatic heterocycles. The van der Waals surface area contributed by atoms with Crippen molar-refractivity contribution in [3.05, 3.63) is 38.7 Å². The summed E-state index contributed by atoms with van der Waals surface area (Å²) in [4.78, 5) is 9.69. The summed E-state index contributed by atoms with van der Waals surface area (Å²) in [5, 5.41) is 10.2. The zero-order chi connectivity index (χ0) is 10.0. The van der Waals surface area contributed by atoms with E-state index in [1.165, 1.54) is 0 Å². The maximum absolute atomic E-state index is 12.8. The van der Waals surface area contributed by atoms with Crippen LogP contribution in [0.5, 0.6) is 0 Å². The average molecular weight is 205 g/mol. The minimum Gasteiger partial charge on any atom is -0.326 e. The number of hydrogen-bond donors (Lipinski definition) is 1. The monoisotopic (exact) mass is 204 g/mol. The van der Waals surface area contributed by atoms with Gasteiger partial charge in [0.2, 0.25) is 0 Å². The number of halogens is 2. The Morgan fingerprint density at radius 1 is 1.62 bits per heavy atom. The van der Waals surface area contributed by atoms with E-state index in [0.717, 1.165) is 12.1 Å². The quantitative estimate of drug-likeness (QED) is 0.590. The van der Waals surface area contributed by atoms with Crippen molar-refractivity contribution >= 4 is 17.3 Å². The molecule has 6 heteroatoms. The van der Waals surface area contributed by atoms with Crippen LogP contribution in [0.2, 0.25) is 5.02 Å². The Hall–Kier alpha value is -1.20. The van der Waals surface area contributed by atoms with E-state index in [1.807, 2.05) is 0 Å². The minimum absolute atomic E-state index is 0.0453. The summed E-state index contributed by atoms with van der Waals surface area (Å²) in [7, 11) is 0. The van der Waals surface area contributed by atoms with Crippen LogP contribution in [0.25, 0.3) is 0 Å². The third kappa shape index (κ3) is 1.93. The summed E-state index contributed by atoms with van der Waals surface area (Å²) in [5.74, 6) is -0.814. The normalized spacial score (nSPS) is 10.1. The van der Waals surface area contributed by atoms with E-state index in [1.54, 1.807) is 0 Å². The molecular weight excluding hydrogens is 199 g/mol. The van der Waals surface area contributed by atoms with Gasteiger partial charge in [0.25, 0.3) is 5.69 Å². The van der Waals surface area contributed by atoms with Gasteiger partial charge < -0.3 is 5.73 Å². The fraction of sp³-hybridized carbons (Fsp3) is 0.143. The number of nitro benzene ring substituents is 1. The summed E-state index contributed by atoms with van der Waals surface area (Å²) in [6.07, 6.45) is 0. The van der Waals surface area contributed by atoms with Crippen LogP contribution in [0.3, 0.4) is 0 Å². The first-order valence-corrected chi connectivity index (χ1v) is 3.76. The largest absolute Gasteiger partial charge is 0.326 e. The molecule has 0 bridgehead atoms. The van der Waals surface area contributed by atoms with Crippen molar-refractivity contribution in [2.24, 2.45) is 5.73 Å². The molecule has 4 nitrogen and oxygen atoms in total. The molecule has 0 fully saturated rings. The number of nitro groups is 1. The summed E-state index contributed by atoms with van der Waals surface area (Å²) in [5.41, 5.74) is 5.10. The Morgan fingerprint density at radius 2 is 2.23 bits per heavy atom. The molecule has 0 radical (unpaired) electrons. The summed E-state index contributed by atoms with van der Waals surface area (Å²) < 4.78 is 12.8. The summed E-state index contributed by atoms with van der Waals surface area (Å²) in [6.45, 7) is -0.0453. The highest BCUT2D eigenvalue weighted by atomic mass is 35.5. The van der Waals surface area contributed by atoms with E-state index in [-0.39, 0.29) is 22.8 Å². The van der Waals surface area contributed by atoms with E-state index in [2.05, 4.69) is 0 Å². The Morgan fingerprint density at radius 3 is 2.69 bits per heavy atom. The fourth-order valence-corrected chi connectivity index (χ4v) is 1.10. The molecular formula is C7H6ClFN2O2. The van der Waals surface area contributed by atoms with Crippen LogP contribution in [0.4, 0.5) is 10.1 Å². The highest BCUT2D eigenvalue weighted by Gasteiger charge is 2.16. The molecule has 2 N–H and O–H groups in total. The number of rotatable bonds is 2. The Balaban J connectivity index is 3.33. The molecule has 1 rings (SSSR count). The lowest BCUT2D eigenvalue weighted by atomic mass is 10.2. The van der Waals surface area contributed by atoms with Crippen LogP contribution in [0, 0.1) is 15.9 Å². The molecule has 0 saturated carbocycles. The standard InChI is InChI=1S/C7H6ClFN2O2/c8-5-1-4(3-10)7(11(12)13)2-6(5)9/h1-2H,3,10H2. The Bertz CT molecular complexity index is 357. The first-order chi connectivity index (χ1) is 6.06. The van der Waals surface area contributed by atoms with Gasteiger partial charge in [-0.15, -0.1) is 0 Å². The van der Waals surface area contributed by atoms with Gasteiger partial charge in [0, 0.05) is 12.1 Å². The highest BCUT2D eigenvalue weighted by Crippen LogP contribution is 2.25. The minimum atomic E-state index is -0.814. The van der Waals surface area contributed by atoms with Crippen molar-refractivity contribution in [2.45, 2.75) is 6.54 Å². The van der Waals surface area contributed by atoms with Gasteiger partial charge in [-0.25, -0.2) is 4.39 Å². The van der Waals surface area contributed by atoms with Crippen molar-refractivity contribution < 1.29 is 9.31 Å². The van der Waals surface area contributed by atoms with Gasteiger partial charge in [-0.3, -0.25) is 10.1 Å². The van der Waals surface area contributed by atoms with E-state index >= 15 is 0 Å². The van der Waals surface area contributed by atoms with E-state index in [0.29, 0.717) is 0 Å². The van der Waals surface area contributed by atoms with Gasteiger partial charge in [-0.1, -0.05) is 11.6 Å². The van der Waals surface area contributed by atoms with Gasteiger partial charge in [0.1, 0.15) is 5.82 Å². The molecule has 0 heterocycles. The lowest BCUT2D eigenvalue weighted by molar-refractivity contribution is -0.385. The molecule has 1 aromatic carbocycles. The summed E-state index contributed by atoms with van der Waals surface area (Å²) >= 11 is 5.42. The van der Waals surface area contributed by atoms with Crippen molar-refractivity contribution in [3.63, 3.8) is 0 Å². The van der Waals surface area contributed by atoms with Crippen LogP contribution >= 0.6 is 11.6 Å². The molecule has 1 aromatic rings. The number of nitrogens with two attached hydrogens (primary N) is 1. The predicted molar refractivity (Wildman–Crippen MR) is 46.0 cm³/mol. The second-order valence-corrected chi connectivity index (χ2v) is 2.76. The van der Waals surface area contributed by atoms with Gasteiger partial charge >= 0.3 is 0 Å². The highest BCUT2D eigenvalue weighted by molar-refractivity contribution is 6.30. The molecule has 0 unspecified atom stereocenters. The lowest BCUT2D eigenvalue weighted by Crippen LogP contribution is -2.02. The third-order valence-corrected chi connectivity index (χ3v) is 1.83. The zero-order valence-electron chi connectivity index (χ0n) is 6.46. The molecule has 70 valence electrons. The smallest absolute Gasteiger partial charge is 0.276 e. The average Bonchev–Trinajstić information content (AvgIpc) is 2.08. The number of benzene rings is 1. The van der Waals surface area contributed by atoms with Gasteiger partial charge in [-0.2, -0.15) is 0 Å². The van der Waals surface area contributed by atoms with E-state index < -0.39 is 10.7 Å². The van der Waals surface area contributed by atoms with Crippen molar-refractivity contribution in [2.75, 3.05) is 0 Å². The van der Waals surface area contributed by atoms with Crippen LogP contribution in [-0.2, 0) is 6.54 Å². The Kier molecular flexibility index (Phi) is 2.79. The van der Waals surface area contributed by atoms with E-state index in [4.69, 9.17) is 17.3 Å². The fourth-order valence-electron chi connectivity index (χ4n) is 0.911. The van der Waals surface area contributed by atoms with Crippen LogP contribution in [-0.4, -0.2) is 4.92 Å². The second-order valence-electron chi connectivity index (χ2n) is 2.36. The maximum atomic E-state index is 12.8. The maximum Gasteiger partial charge on any atom is 0.276 e. The zero-order valence-corrected chi connectivity index (χ0v) is 7.21. The second kappa shape index (κ2) is 3.68. The first kappa shape index (κ1) is 9.88. The molecule has 0 aliphatic carbocycles. The molecule has 0 amide bonds. The van der Waals surface area contributed by atoms with Gasteiger partial charge in [-0.05, 0) is 6.07 Å². The predicted octanol–water partition coefficient (Wildman–Crippen LogP) is 1.85. The lowest BCUT2D eigenvalue weighted by Gasteiger charge is -2.00. The van der Waals surface area contributed by atoms with Crippen molar-refractivity contribution in [1.82, 2.24) is 0 Å². The number of hydrogen-bond acceptors (Lipinski definition) is 3. The summed E-state index contributed by atoms with van der Waals surface area (Å²) in [6, 6.07) is 1.93. The van der Waals surface area contributed by atoms with Crippen LogP contribution < -0.4 is 5.73 Å². The molecule has 0 aliphatic rings. The SMILES string of the molecule is NCc1cc(Cl)c(F)cc1[N+](=O)[O-]. The molecule has 0 atom stereocenters. The van der Waals surface area contributed by atoms with Gasteiger partial charge in [0.05, 0.1) is 16.0 Å². The van der Waals surface area contributed by atoms with E-state index in [9.17, 15) is 14.5 Å². The molecule has 0 spiro atoms. The molecule has 13 heavy (non-hydrogen) atoms. The molecule has 0 saturated heterocycles. The first-order valence-electron chi connectivity index (χ1n) is 3.38. The topological polar surface area (TPSA) is 69.2 Å². The third-order valence-electron chi connectivity index (χ3n) is 1.54. The molecule has 0 aliphatic heterocycles. The van der Waals surface area contributed by atoms with Crippen molar-refractivity contribution in [3.8, 4) is 0 Å². The van der Waals surface area contributed by atoms with Crippen molar-refractivity contribution in [1.29, 1.82) is 0 Å². The Labute approximate surface area is 78.3 Å². The van der Waals surface area contributed by atoms with Crippen LogP contribution in [0.1, 0.15) is 5.56 Å². The number of nitrogens with zero attached hydrogens (tertiary/aromatic N) is 1.